The molecule has 4 unspecified atom stereocenters. The SMILES string of the molecule is CC(CCCn1cc(CCO)nn1)C1CC[C@H]2C3CC[C@@H]4C[C@H](O)CC[C@]4(C)C3CC[C@]12C. The lowest BCUT2D eigenvalue weighted by Crippen LogP contribution is -2.54. The van der Waals surface area contributed by atoms with Gasteiger partial charge in [0.25, 0.3) is 0 Å². The van der Waals surface area contributed by atoms with Crippen molar-refractivity contribution in [1.29, 1.82) is 0 Å². The Morgan fingerprint density at radius 2 is 1.85 bits per heavy atom. The molecule has 1 aromatic heterocycles. The van der Waals surface area contributed by atoms with Crippen LogP contribution in [-0.2, 0) is 13.0 Å². The maximum Gasteiger partial charge on any atom is 0.0849 e. The van der Waals surface area contributed by atoms with Crippen molar-refractivity contribution in [2.45, 2.75) is 110 Å². The molecule has 4 fully saturated rings. The lowest BCUT2D eigenvalue weighted by atomic mass is 9.44. The Morgan fingerprint density at radius 1 is 1.06 bits per heavy atom. The maximum absolute atomic E-state index is 10.3. The van der Waals surface area contributed by atoms with Crippen LogP contribution in [0.4, 0.5) is 0 Å². The van der Waals surface area contributed by atoms with Crippen molar-refractivity contribution in [3.8, 4) is 0 Å². The van der Waals surface area contributed by atoms with Crippen LogP contribution in [0.2, 0.25) is 0 Å². The fraction of sp³-hybridized carbons (Fsp3) is 0.929. The summed E-state index contributed by atoms with van der Waals surface area (Å²) in [4.78, 5) is 0. The van der Waals surface area contributed by atoms with Crippen LogP contribution in [0.5, 0.6) is 0 Å². The van der Waals surface area contributed by atoms with Gasteiger partial charge in [0.1, 0.15) is 0 Å². The molecule has 4 aliphatic carbocycles. The normalized spacial score (nSPS) is 43.5. The van der Waals surface area contributed by atoms with Crippen molar-refractivity contribution in [3.05, 3.63) is 11.9 Å². The molecule has 5 heteroatoms. The minimum atomic E-state index is -0.0380. The van der Waals surface area contributed by atoms with Gasteiger partial charge in [0.15, 0.2) is 0 Å². The van der Waals surface area contributed by atoms with Crippen molar-refractivity contribution in [3.63, 3.8) is 0 Å². The maximum atomic E-state index is 10.3. The zero-order valence-corrected chi connectivity index (χ0v) is 21.3. The molecule has 1 heterocycles. The van der Waals surface area contributed by atoms with E-state index in [0.29, 0.717) is 17.3 Å². The second-order valence-corrected chi connectivity index (χ2v) is 12.9. The molecule has 9 atom stereocenters. The lowest BCUT2D eigenvalue weighted by Gasteiger charge is -2.61. The van der Waals surface area contributed by atoms with Crippen LogP contribution in [0.1, 0.15) is 97.1 Å². The summed E-state index contributed by atoms with van der Waals surface area (Å²) in [6.07, 6.45) is 16.8. The summed E-state index contributed by atoms with van der Waals surface area (Å²) in [5.41, 5.74) is 1.91. The standard InChI is InChI=1S/C28H47N3O2/c1-19(5-4-15-31-18-21(12-16-32)29-30-31)24-8-9-25-23-7-6-20-17-22(33)10-13-27(20,2)26(23)11-14-28(24,25)3/h18-20,22-26,32-33H,4-17H2,1-3H3/t19?,20-,22-,23?,24?,25+,26?,27+,28-/m1/s1. The van der Waals surface area contributed by atoms with E-state index in [4.69, 9.17) is 5.11 Å². The van der Waals surface area contributed by atoms with Crippen LogP contribution in [-0.4, -0.2) is 37.9 Å². The average Bonchev–Trinajstić information content (AvgIpc) is 3.38. The second kappa shape index (κ2) is 9.26. The van der Waals surface area contributed by atoms with Gasteiger partial charge in [-0.05, 0) is 117 Å². The summed E-state index contributed by atoms with van der Waals surface area (Å²) < 4.78 is 1.96. The second-order valence-electron chi connectivity index (χ2n) is 12.9. The number of hydrogen-bond acceptors (Lipinski definition) is 4. The molecule has 4 aliphatic rings. The van der Waals surface area contributed by atoms with Crippen molar-refractivity contribution < 1.29 is 10.2 Å². The molecule has 0 spiro atoms. The Balaban J connectivity index is 1.20. The number of hydrogen-bond donors (Lipinski definition) is 2. The molecule has 0 aliphatic heterocycles. The topological polar surface area (TPSA) is 71.2 Å². The first kappa shape index (κ1) is 23.8. The molecule has 0 aromatic carbocycles. The summed E-state index contributed by atoms with van der Waals surface area (Å²) in [5, 5.41) is 27.8. The molecular formula is C28H47N3O2. The molecule has 33 heavy (non-hydrogen) atoms. The fourth-order valence-electron chi connectivity index (χ4n) is 9.66. The van der Waals surface area contributed by atoms with Gasteiger partial charge in [0, 0.05) is 25.8 Å². The highest BCUT2D eigenvalue weighted by molar-refractivity contribution is 5.09. The molecule has 2 N–H and O–H groups in total. The first-order chi connectivity index (χ1) is 15.8. The van der Waals surface area contributed by atoms with E-state index in [0.717, 1.165) is 67.0 Å². The van der Waals surface area contributed by atoms with Crippen molar-refractivity contribution in [2.24, 2.45) is 46.3 Å². The molecule has 0 saturated heterocycles. The van der Waals surface area contributed by atoms with E-state index in [2.05, 4.69) is 31.1 Å². The largest absolute Gasteiger partial charge is 0.396 e. The summed E-state index contributed by atoms with van der Waals surface area (Å²) in [7, 11) is 0. The molecule has 186 valence electrons. The van der Waals surface area contributed by atoms with Gasteiger partial charge >= 0.3 is 0 Å². The summed E-state index contributed by atoms with van der Waals surface area (Å²) in [6.45, 7) is 8.87. The first-order valence-electron chi connectivity index (χ1n) is 14.0. The van der Waals surface area contributed by atoms with Gasteiger partial charge in [-0.25, -0.2) is 0 Å². The van der Waals surface area contributed by atoms with Crippen LogP contribution in [0.3, 0.4) is 0 Å². The van der Waals surface area contributed by atoms with Gasteiger partial charge in [-0.3, -0.25) is 4.68 Å². The number of aliphatic hydroxyl groups excluding tert-OH is 2. The highest BCUT2D eigenvalue weighted by atomic mass is 16.3. The van der Waals surface area contributed by atoms with Crippen LogP contribution in [0.25, 0.3) is 0 Å². The summed E-state index contributed by atoms with van der Waals surface area (Å²) >= 11 is 0. The molecule has 4 saturated carbocycles. The van der Waals surface area contributed by atoms with Gasteiger partial charge in [-0.1, -0.05) is 26.0 Å². The third-order valence-electron chi connectivity index (χ3n) is 11.4. The van der Waals surface area contributed by atoms with E-state index < -0.39 is 0 Å². The van der Waals surface area contributed by atoms with Gasteiger partial charge < -0.3 is 10.2 Å². The first-order valence-corrected chi connectivity index (χ1v) is 14.0. The minimum Gasteiger partial charge on any atom is -0.396 e. The van der Waals surface area contributed by atoms with Crippen LogP contribution in [0.15, 0.2) is 6.20 Å². The molecule has 0 bridgehead atoms. The molecular weight excluding hydrogens is 410 g/mol. The molecule has 5 nitrogen and oxygen atoms in total. The van der Waals surface area contributed by atoms with E-state index in [1.54, 1.807) is 0 Å². The van der Waals surface area contributed by atoms with E-state index in [-0.39, 0.29) is 12.7 Å². The zero-order valence-electron chi connectivity index (χ0n) is 21.3. The van der Waals surface area contributed by atoms with Crippen LogP contribution < -0.4 is 0 Å². The van der Waals surface area contributed by atoms with Gasteiger partial charge in [0.05, 0.1) is 11.8 Å². The Morgan fingerprint density at radius 3 is 2.67 bits per heavy atom. The average molecular weight is 458 g/mol. The van der Waals surface area contributed by atoms with Crippen molar-refractivity contribution >= 4 is 0 Å². The van der Waals surface area contributed by atoms with E-state index in [9.17, 15) is 5.11 Å². The van der Waals surface area contributed by atoms with Crippen LogP contribution in [0, 0.1) is 46.3 Å². The number of aliphatic hydroxyl groups is 2. The van der Waals surface area contributed by atoms with Crippen molar-refractivity contribution in [1.82, 2.24) is 15.0 Å². The zero-order chi connectivity index (χ0) is 23.2. The van der Waals surface area contributed by atoms with Crippen molar-refractivity contribution in [2.75, 3.05) is 6.61 Å². The molecule has 0 radical (unpaired) electrons. The Hall–Kier alpha value is -0.940. The van der Waals surface area contributed by atoms with E-state index in [1.807, 2.05) is 10.9 Å². The number of aromatic nitrogens is 3. The summed E-state index contributed by atoms with van der Waals surface area (Å²) in [6, 6.07) is 0. The summed E-state index contributed by atoms with van der Waals surface area (Å²) in [5.74, 6) is 5.15. The van der Waals surface area contributed by atoms with E-state index >= 15 is 0 Å². The Bertz CT molecular complexity index is 811. The predicted octanol–water partition coefficient (Wildman–Crippen LogP) is 5.25. The number of fused-ring (bicyclic) bond motifs is 5. The quantitative estimate of drug-likeness (QED) is 0.587. The monoisotopic (exact) mass is 457 g/mol. The third-order valence-corrected chi connectivity index (χ3v) is 11.4. The van der Waals surface area contributed by atoms with Gasteiger partial charge in [0.2, 0.25) is 0 Å². The third kappa shape index (κ3) is 4.20. The van der Waals surface area contributed by atoms with Crippen LogP contribution >= 0.6 is 0 Å². The Kier molecular flexibility index (Phi) is 6.67. The highest BCUT2D eigenvalue weighted by Crippen LogP contribution is 2.68. The predicted molar refractivity (Wildman–Crippen MR) is 130 cm³/mol. The number of rotatable bonds is 7. The smallest absolute Gasteiger partial charge is 0.0849 e. The van der Waals surface area contributed by atoms with E-state index in [1.165, 1.54) is 51.4 Å². The molecule has 5 rings (SSSR count). The number of nitrogens with zero attached hydrogens (tertiary/aromatic N) is 3. The Labute approximate surface area is 200 Å². The fourth-order valence-corrected chi connectivity index (χ4v) is 9.66. The minimum absolute atomic E-state index is 0.0380. The lowest BCUT2D eigenvalue weighted by molar-refractivity contribution is -0.129. The van der Waals surface area contributed by atoms with Gasteiger partial charge in [-0.15, -0.1) is 5.10 Å². The molecule has 1 aromatic rings. The van der Waals surface area contributed by atoms with Gasteiger partial charge in [-0.2, -0.15) is 0 Å². The number of aryl methyl sites for hydroxylation is 1. The highest BCUT2D eigenvalue weighted by Gasteiger charge is 2.60. The molecule has 0 amide bonds.